The summed E-state index contributed by atoms with van der Waals surface area (Å²) in [4.78, 5) is 30.9. The lowest BCUT2D eigenvalue weighted by Crippen LogP contribution is -2.41. The number of rotatable bonds is 6. The number of carbonyl (C=O) groups excluding carboxylic acids is 2. The smallest absolute Gasteiger partial charge is 0.342 e. The number of aromatic nitrogens is 1. The molecular weight excluding hydrogens is 364 g/mol. The van der Waals surface area contributed by atoms with E-state index >= 15 is 0 Å². The molecule has 1 aromatic carbocycles. The first-order valence-electron chi connectivity index (χ1n) is 9.10. The van der Waals surface area contributed by atoms with Crippen molar-refractivity contribution in [1.29, 1.82) is 0 Å². The van der Waals surface area contributed by atoms with Gasteiger partial charge in [0.1, 0.15) is 17.9 Å². The second kappa shape index (κ2) is 8.99. The summed E-state index contributed by atoms with van der Waals surface area (Å²) in [5.74, 6) is 0.207. The van der Waals surface area contributed by atoms with Gasteiger partial charge >= 0.3 is 5.97 Å². The summed E-state index contributed by atoms with van der Waals surface area (Å²) in [5, 5.41) is 2.89. The van der Waals surface area contributed by atoms with Gasteiger partial charge < -0.3 is 14.4 Å². The number of thiazole rings is 1. The topological polar surface area (TPSA) is 68.7 Å². The maximum Gasteiger partial charge on any atom is 0.342 e. The highest BCUT2D eigenvalue weighted by molar-refractivity contribution is 7.09. The minimum Gasteiger partial charge on any atom is -0.486 e. The largest absolute Gasteiger partial charge is 0.486 e. The predicted octanol–water partition coefficient (Wildman–Crippen LogP) is 3.45. The van der Waals surface area contributed by atoms with E-state index in [4.69, 9.17) is 9.47 Å². The van der Waals surface area contributed by atoms with Gasteiger partial charge in [0.2, 0.25) is 0 Å². The van der Waals surface area contributed by atoms with Crippen LogP contribution in [0, 0.1) is 12.8 Å². The van der Waals surface area contributed by atoms with Crippen LogP contribution in [0.5, 0.6) is 5.75 Å². The number of esters is 1. The predicted molar refractivity (Wildman–Crippen MR) is 103 cm³/mol. The van der Waals surface area contributed by atoms with Gasteiger partial charge in [-0.2, -0.15) is 0 Å². The van der Waals surface area contributed by atoms with Crippen LogP contribution in [0.2, 0.25) is 0 Å². The molecule has 1 aromatic heterocycles. The molecular formula is C20H24N2O4S. The van der Waals surface area contributed by atoms with E-state index in [1.807, 2.05) is 12.3 Å². The highest BCUT2D eigenvalue weighted by atomic mass is 32.1. The van der Waals surface area contributed by atoms with Gasteiger partial charge in [0.05, 0.1) is 10.7 Å². The molecule has 0 bridgehead atoms. The van der Waals surface area contributed by atoms with Crippen LogP contribution >= 0.6 is 11.3 Å². The third kappa shape index (κ3) is 5.29. The molecule has 2 aromatic rings. The number of nitrogens with zero attached hydrogens (tertiary/aromatic N) is 2. The minimum absolute atomic E-state index is 0.147. The van der Waals surface area contributed by atoms with E-state index in [-0.39, 0.29) is 19.1 Å². The zero-order chi connectivity index (χ0) is 19.2. The number of likely N-dealkylation sites (tertiary alicyclic amines) is 1. The van der Waals surface area contributed by atoms with E-state index in [1.165, 1.54) is 0 Å². The van der Waals surface area contributed by atoms with Crippen molar-refractivity contribution in [1.82, 2.24) is 9.88 Å². The Morgan fingerprint density at radius 3 is 2.89 bits per heavy atom. The molecule has 2 heterocycles. The molecule has 1 atom stereocenters. The van der Waals surface area contributed by atoms with Crippen molar-refractivity contribution in [2.75, 3.05) is 19.7 Å². The highest BCUT2D eigenvalue weighted by Crippen LogP contribution is 2.21. The molecule has 1 fully saturated rings. The molecule has 0 unspecified atom stereocenters. The average Bonchev–Trinajstić information content (AvgIpc) is 3.09. The second-order valence-corrected chi connectivity index (χ2v) is 7.87. The molecule has 0 saturated carbocycles. The molecule has 0 aliphatic carbocycles. The second-order valence-electron chi connectivity index (χ2n) is 6.81. The number of piperidine rings is 1. The van der Waals surface area contributed by atoms with Crippen molar-refractivity contribution in [3.8, 4) is 5.75 Å². The fourth-order valence-electron chi connectivity index (χ4n) is 3.10. The number of benzene rings is 1. The van der Waals surface area contributed by atoms with Crippen LogP contribution in [0.3, 0.4) is 0 Å². The summed E-state index contributed by atoms with van der Waals surface area (Å²) in [6.45, 7) is 5.55. The molecule has 1 aliphatic rings. The molecule has 0 N–H and O–H groups in total. The first-order chi connectivity index (χ1) is 13.0. The Balaban J connectivity index is 1.57. The van der Waals surface area contributed by atoms with Crippen LogP contribution in [0.15, 0.2) is 29.6 Å². The maximum absolute atomic E-state index is 12.4. The van der Waals surface area contributed by atoms with Crippen LogP contribution in [0.25, 0.3) is 0 Å². The summed E-state index contributed by atoms with van der Waals surface area (Å²) >= 11 is 1.55. The Hall–Kier alpha value is -2.41. The molecule has 7 heteroatoms. The average molecular weight is 388 g/mol. The molecule has 6 nitrogen and oxygen atoms in total. The highest BCUT2D eigenvalue weighted by Gasteiger charge is 2.23. The quantitative estimate of drug-likeness (QED) is 0.709. The number of amides is 1. The van der Waals surface area contributed by atoms with Crippen LogP contribution in [-0.2, 0) is 16.1 Å². The number of hydrogen-bond acceptors (Lipinski definition) is 6. The van der Waals surface area contributed by atoms with E-state index in [9.17, 15) is 9.59 Å². The number of aryl methyl sites for hydroxylation is 1. The lowest BCUT2D eigenvalue weighted by Gasteiger charge is -2.30. The molecule has 0 spiro atoms. The van der Waals surface area contributed by atoms with Gasteiger partial charge in [-0.25, -0.2) is 9.78 Å². The van der Waals surface area contributed by atoms with Crippen molar-refractivity contribution in [3.05, 3.63) is 45.9 Å². The van der Waals surface area contributed by atoms with E-state index in [0.717, 1.165) is 36.6 Å². The van der Waals surface area contributed by atoms with Gasteiger partial charge in [-0.1, -0.05) is 19.1 Å². The van der Waals surface area contributed by atoms with Crippen molar-refractivity contribution in [2.45, 2.75) is 33.3 Å². The van der Waals surface area contributed by atoms with Crippen molar-refractivity contribution >= 4 is 23.2 Å². The van der Waals surface area contributed by atoms with Crippen molar-refractivity contribution in [2.24, 2.45) is 5.92 Å². The van der Waals surface area contributed by atoms with Crippen LogP contribution in [-0.4, -0.2) is 41.5 Å². The van der Waals surface area contributed by atoms with E-state index in [2.05, 4.69) is 11.9 Å². The zero-order valence-corrected chi connectivity index (χ0v) is 16.5. The Kier molecular flexibility index (Phi) is 6.45. The minimum atomic E-state index is -0.557. The number of ether oxygens (including phenoxy) is 2. The Bertz CT molecular complexity index is 805. The standard InChI is InChI=1S/C20H24N2O4S/c1-14-6-5-9-22(10-14)19(23)12-26-20(24)17-7-3-4-8-18(17)25-11-16-13-27-15(2)21-16/h3-4,7-8,13-14H,5-6,9-12H2,1-2H3/t14-/m1/s1. The molecule has 3 rings (SSSR count). The third-order valence-electron chi connectivity index (χ3n) is 4.49. The lowest BCUT2D eigenvalue weighted by molar-refractivity contribution is -0.136. The van der Waals surface area contributed by atoms with Crippen LogP contribution < -0.4 is 4.74 Å². The summed E-state index contributed by atoms with van der Waals surface area (Å²) < 4.78 is 11.0. The Morgan fingerprint density at radius 2 is 2.15 bits per heavy atom. The van der Waals surface area contributed by atoms with Crippen molar-refractivity contribution < 1.29 is 19.1 Å². The Labute approximate surface area is 163 Å². The fraction of sp³-hybridized carbons (Fsp3) is 0.450. The van der Waals surface area contributed by atoms with E-state index < -0.39 is 5.97 Å². The zero-order valence-electron chi connectivity index (χ0n) is 15.6. The molecule has 0 radical (unpaired) electrons. The van der Waals surface area contributed by atoms with Gasteiger partial charge in [-0.3, -0.25) is 4.79 Å². The van der Waals surface area contributed by atoms with Gasteiger partial charge in [0.15, 0.2) is 6.61 Å². The maximum atomic E-state index is 12.4. The molecule has 1 saturated heterocycles. The normalized spacial score (nSPS) is 16.8. The number of para-hydroxylation sites is 1. The first kappa shape index (κ1) is 19.4. The SMILES string of the molecule is Cc1nc(COc2ccccc2C(=O)OCC(=O)N2CCC[C@@H](C)C2)cs1. The van der Waals surface area contributed by atoms with Gasteiger partial charge in [0, 0.05) is 18.5 Å². The summed E-state index contributed by atoms with van der Waals surface area (Å²) in [5.41, 5.74) is 1.12. The monoisotopic (exact) mass is 388 g/mol. The number of carbonyl (C=O) groups is 2. The van der Waals surface area contributed by atoms with Crippen molar-refractivity contribution in [3.63, 3.8) is 0 Å². The molecule has 27 heavy (non-hydrogen) atoms. The summed E-state index contributed by atoms with van der Waals surface area (Å²) in [6.07, 6.45) is 2.13. The number of hydrogen-bond donors (Lipinski definition) is 0. The summed E-state index contributed by atoms with van der Waals surface area (Å²) in [7, 11) is 0. The molecule has 144 valence electrons. The molecule has 1 aliphatic heterocycles. The lowest BCUT2D eigenvalue weighted by atomic mass is 10.0. The van der Waals surface area contributed by atoms with Gasteiger partial charge in [-0.05, 0) is 37.8 Å². The van der Waals surface area contributed by atoms with E-state index in [1.54, 1.807) is 40.5 Å². The Morgan fingerprint density at radius 1 is 1.33 bits per heavy atom. The fourth-order valence-corrected chi connectivity index (χ4v) is 3.70. The first-order valence-corrected chi connectivity index (χ1v) is 9.98. The van der Waals surface area contributed by atoms with E-state index in [0.29, 0.717) is 17.2 Å². The van der Waals surface area contributed by atoms with Gasteiger partial charge in [0.25, 0.3) is 5.91 Å². The van der Waals surface area contributed by atoms with Crippen LogP contribution in [0.1, 0.15) is 40.8 Å². The third-order valence-corrected chi connectivity index (χ3v) is 5.31. The molecule has 1 amide bonds. The van der Waals surface area contributed by atoms with Gasteiger partial charge in [-0.15, -0.1) is 11.3 Å². The van der Waals surface area contributed by atoms with Crippen LogP contribution in [0.4, 0.5) is 0 Å². The summed E-state index contributed by atoms with van der Waals surface area (Å²) in [6, 6.07) is 6.88.